The van der Waals surface area contributed by atoms with Gasteiger partial charge in [-0.3, -0.25) is 0 Å². The second-order valence-corrected chi connectivity index (χ2v) is 7.75. The van der Waals surface area contributed by atoms with Gasteiger partial charge in [-0.2, -0.15) is 4.80 Å². The summed E-state index contributed by atoms with van der Waals surface area (Å²) < 4.78 is 2.65. The van der Waals surface area contributed by atoms with E-state index in [9.17, 15) is 0 Å². The maximum Gasteiger partial charge on any atom is 0.162 e. The second kappa shape index (κ2) is 6.21. The fourth-order valence-corrected chi connectivity index (χ4v) is 5.75. The number of fused-ring (bicyclic) bond motifs is 1. The van der Waals surface area contributed by atoms with Crippen LogP contribution < -0.4 is 5.32 Å². The predicted octanol–water partition coefficient (Wildman–Crippen LogP) is 3.08. The van der Waals surface area contributed by atoms with Gasteiger partial charge in [0.05, 0.1) is 0 Å². The largest absolute Gasteiger partial charge is 0.316 e. The summed E-state index contributed by atoms with van der Waals surface area (Å²) in [5.41, 5.74) is 0. The summed E-state index contributed by atoms with van der Waals surface area (Å²) in [5.74, 6) is 0.504. The van der Waals surface area contributed by atoms with Crippen LogP contribution in [0.1, 0.15) is 23.8 Å². The van der Waals surface area contributed by atoms with Crippen molar-refractivity contribution in [2.24, 2.45) is 5.92 Å². The highest BCUT2D eigenvalue weighted by Gasteiger charge is 2.31. The van der Waals surface area contributed by atoms with Crippen LogP contribution in [0.2, 0.25) is 0 Å². The molecule has 0 aliphatic carbocycles. The molecule has 0 saturated carbocycles. The molecule has 2 aromatic heterocycles. The van der Waals surface area contributed by atoms with Gasteiger partial charge in [0.15, 0.2) is 6.33 Å². The molecular weight excluding hydrogens is 409 g/mol. The first-order valence-electron chi connectivity index (χ1n) is 7.44. The highest BCUT2D eigenvalue weighted by molar-refractivity contribution is 14.1. The summed E-state index contributed by atoms with van der Waals surface area (Å²) in [6.07, 6.45) is 3.93. The standard InChI is InChI=1S/C15H16IN5S/c16-13-11-5-1-2-6-12(11)22-15(13)14(21-19-9-18-20-21)10-4-3-7-17-8-10/h1-2,5-6,9-10,14,17H,3-4,7-8H2/t10-,14-/m0/s1. The Morgan fingerprint density at radius 1 is 1.36 bits per heavy atom. The number of benzene rings is 1. The summed E-state index contributed by atoms with van der Waals surface area (Å²) in [6, 6.07) is 8.76. The molecule has 114 valence electrons. The third kappa shape index (κ3) is 2.55. The molecule has 4 rings (SSSR count). The molecular formula is C15H16IN5S. The minimum atomic E-state index is 0.166. The Morgan fingerprint density at radius 3 is 3.00 bits per heavy atom. The number of aromatic nitrogens is 4. The molecule has 1 aromatic carbocycles. The zero-order chi connectivity index (χ0) is 14.9. The first-order chi connectivity index (χ1) is 10.8. The average Bonchev–Trinajstić information content (AvgIpc) is 3.19. The fourth-order valence-electron chi connectivity index (χ4n) is 3.18. The lowest BCUT2D eigenvalue weighted by molar-refractivity contribution is 0.264. The van der Waals surface area contributed by atoms with E-state index in [1.807, 2.05) is 11.3 Å². The van der Waals surface area contributed by atoms with E-state index in [4.69, 9.17) is 0 Å². The lowest BCUT2D eigenvalue weighted by atomic mass is 9.91. The van der Waals surface area contributed by atoms with E-state index in [0.29, 0.717) is 5.92 Å². The number of hydrogen-bond acceptors (Lipinski definition) is 5. The van der Waals surface area contributed by atoms with Crippen LogP contribution in [0.5, 0.6) is 0 Å². The molecule has 1 aliphatic heterocycles. The van der Waals surface area contributed by atoms with Gasteiger partial charge in [-0.05, 0) is 53.3 Å². The quantitative estimate of drug-likeness (QED) is 0.656. The van der Waals surface area contributed by atoms with Crippen molar-refractivity contribution >= 4 is 44.0 Å². The number of nitrogens with one attached hydrogen (secondary N) is 1. The van der Waals surface area contributed by atoms with Crippen LogP contribution in [0.15, 0.2) is 30.6 Å². The lowest BCUT2D eigenvalue weighted by Crippen LogP contribution is -2.36. The first-order valence-corrected chi connectivity index (χ1v) is 9.34. The third-order valence-corrected chi connectivity index (χ3v) is 6.99. The molecule has 0 bridgehead atoms. The molecule has 0 unspecified atom stereocenters. The monoisotopic (exact) mass is 425 g/mol. The molecule has 3 aromatic rings. The zero-order valence-corrected chi connectivity index (χ0v) is 14.9. The van der Waals surface area contributed by atoms with Crippen molar-refractivity contribution in [1.82, 2.24) is 25.5 Å². The molecule has 1 aliphatic rings. The van der Waals surface area contributed by atoms with Crippen LogP contribution in [0, 0.1) is 9.49 Å². The van der Waals surface area contributed by atoms with Gasteiger partial charge >= 0.3 is 0 Å². The molecule has 3 heterocycles. The van der Waals surface area contributed by atoms with Crippen molar-refractivity contribution in [3.63, 3.8) is 0 Å². The van der Waals surface area contributed by atoms with Gasteiger partial charge in [0.1, 0.15) is 6.04 Å². The molecule has 0 amide bonds. The normalized spacial score (nSPS) is 20.3. The number of halogens is 1. The van der Waals surface area contributed by atoms with Gasteiger partial charge in [0.2, 0.25) is 0 Å². The number of rotatable bonds is 3. The van der Waals surface area contributed by atoms with E-state index < -0.39 is 0 Å². The van der Waals surface area contributed by atoms with Crippen LogP contribution in [-0.4, -0.2) is 33.3 Å². The molecule has 5 nitrogen and oxygen atoms in total. The summed E-state index contributed by atoms with van der Waals surface area (Å²) in [4.78, 5) is 3.15. The van der Waals surface area contributed by atoms with Gasteiger partial charge < -0.3 is 5.32 Å². The Kier molecular flexibility index (Phi) is 4.10. The van der Waals surface area contributed by atoms with Crippen molar-refractivity contribution in [2.75, 3.05) is 13.1 Å². The van der Waals surface area contributed by atoms with Gasteiger partial charge in [-0.15, -0.1) is 21.5 Å². The highest BCUT2D eigenvalue weighted by atomic mass is 127. The van der Waals surface area contributed by atoms with Crippen LogP contribution in [0.25, 0.3) is 10.1 Å². The SMILES string of the molecule is Ic1c([C@H]([C@H]2CCCNC2)n2ncnn2)sc2ccccc12. The van der Waals surface area contributed by atoms with Crippen LogP contribution in [-0.2, 0) is 0 Å². The third-order valence-electron chi connectivity index (χ3n) is 4.22. The Bertz CT molecular complexity index is 763. The number of thiophene rings is 1. The fraction of sp³-hybridized carbons (Fsp3) is 0.400. The summed E-state index contributed by atoms with van der Waals surface area (Å²) in [5, 5.41) is 17.3. The van der Waals surface area contributed by atoms with E-state index in [1.54, 1.807) is 4.80 Å². The van der Waals surface area contributed by atoms with Crippen molar-refractivity contribution in [1.29, 1.82) is 0 Å². The lowest BCUT2D eigenvalue weighted by Gasteiger charge is -2.29. The van der Waals surface area contributed by atoms with Gasteiger partial charge in [0, 0.05) is 31.0 Å². The van der Waals surface area contributed by atoms with E-state index in [-0.39, 0.29) is 6.04 Å². The zero-order valence-electron chi connectivity index (χ0n) is 11.9. The second-order valence-electron chi connectivity index (χ2n) is 5.58. The molecule has 2 atom stereocenters. The maximum atomic E-state index is 4.35. The van der Waals surface area contributed by atoms with Crippen molar-refractivity contribution in [2.45, 2.75) is 18.9 Å². The summed E-state index contributed by atoms with van der Waals surface area (Å²) >= 11 is 4.33. The molecule has 22 heavy (non-hydrogen) atoms. The minimum Gasteiger partial charge on any atom is -0.316 e. The van der Waals surface area contributed by atoms with Gasteiger partial charge in [-0.1, -0.05) is 18.2 Å². The maximum absolute atomic E-state index is 4.35. The van der Waals surface area contributed by atoms with Crippen LogP contribution >= 0.6 is 33.9 Å². The topological polar surface area (TPSA) is 55.6 Å². The van der Waals surface area contributed by atoms with Gasteiger partial charge in [-0.25, -0.2) is 0 Å². The van der Waals surface area contributed by atoms with Crippen molar-refractivity contribution < 1.29 is 0 Å². The number of hydrogen-bond donors (Lipinski definition) is 1. The average molecular weight is 425 g/mol. The Morgan fingerprint density at radius 2 is 2.27 bits per heavy atom. The van der Waals surface area contributed by atoms with E-state index in [0.717, 1.165) is 13.1 Å². The van der Waals surface area contributed by atoms with Crippen LogP contribution in [0.3, 0.4) is 0 Å². The molecule has 1 fully saturated rings. The first kappa shape index (κ1) is 14.5. The minimum absolute atomic E-state index is 0.166. The van der Waals surface area contributed by atoms with Crippen molar-refractivity contribution in [3.8, 4) is 0 Å². The number of piperidine rings is 1. The number of tetrazole rings is 1. The van der Waals surface area contributed by atoms with Gasteiger partial charge in [0.25, 0.3) is 0 Å². The Labute approximate surface area is 146 Å². The molecule has 7 heteroatoms. The highest BCUT2D eigenvalue weighted by Crippen LogP contribution is 2.41. The van der Waals surface area contributed by atoms with E-state index in [1.165, 1.54) is 37.7 Å². The Hall–Kier alpha value is -1.06. The van der Waals surface area contributed by atoms with E-state index in [2.05, 4.69) is 67.6 Å². The molecule has 0 radical (unpaired) electrons. The predicted molar refractivity (Wildman–Crippen MR) is 96.1 cm³/mol. The molecule has 1 saturated heterocycles. The van der Waals surface area contributed by atoms with Crippen LogP contribution in [0.4, 0.5) is 0 Å². The smallest absolute Gasteiger partial charge is 0.162 e. The summed E-state index contributed by atoms with van der Waals surface area (Å²) in [6.45, 7) is 2.12. The van der Waals surface area contributed by atoms with Crippen molar-refractivity contribution in [3.05, 3.63) is 39.0 Å². The number of nitrogens with zero attached hydrogens (tertiary/aromatic N) is 4. The summed E-state index contributed by atoms with van der Waals surface area (Å²) in [7, 11) is 0. The Balaban J connectivity index is 1.83. The molecule has 0 spiro atoms. The molecule has 1 N–H and O–H groups in total. The van der Waals surface area contributed by atoms with E-state index >= 15 is 0 Å².